The second-order valence-electron chi connectivity index (χ2n) is 2.18. The number of thiol groups is 1. The molecule has 0 atom stereocenters. The average molecular weight is 199 g/mol. The van der Waals surface area contributed by atoms with E-state index in [2.05, 4.69) is 10.8 Å². The summed E-state index contributed by atoms with van der Waals surface area (Å²) in [5.74, 6) is -0.699. The summed E-state index contributed by atoms with van der Waals surface area (Å²) < 4.78 is 25.7. The number of benzene rings is 1. The van der Waals surface area contributed by atoms with E-state index in [1.54, 1.807) is 0 Å². The van der Waals surface area contributed by atoms with E-state index in [-0.39, 0.29) is 10.5 Å². The Kier molecular flexibility index (Phi) is 3.02. The zero-order valence-electron chi connectivity index (χ0n) is 6.81. The third-order valence-electron chi connectivity index (χ3n) is 1.42. The fourth-order valence-corrected chi connectivity index (χ4v) is 1.39. The lowest BCUT2D eigenvalue weighted by Crippen LogP contribution is -2.04. The van der Waals surface area contributed by atoms with Crippen molar-refractivity contribution in [2.75, 3.05) is 7.11 Å². The van der Waals surface area contributed by atoms with E-state index in [4.69, 9.17) is 0 Å². The standard InChI is InChI=1S/C8H7O4S/c1-12-8(9)6-4-2-3-5-7(6)13(10)11/h2-3,5,13H,1H3. The summed E-state index contributed by atoms with van der Waals surface area (Å²) in [6, 6.07) is 6.78. The second kappa shape index (κ2) is 4.04. The molecule has 0 aliphatic rings. The molecule has 0 saturated heterocycles. The quantitative estimate of drug-likeness (QED) is 0.547. The maximum Gasteiger partial charge on any atom is 0.339 e. The molecule has 0 heterocycles. The van der Waals surface area contributed by atoms with Crippen LogP contribution in [0.4, 0.5) is 0 Å². The van der Waals surface area contributed by atoms with Gasteiger partial charge in [0.1, 0.15) is 0 Å². The minimum absolute atomic E-state index is 0.0545. The van der Waals surface area contributed by atoms with Gasteiger partial charge < -0.3 is 4.74 Å². The van der Waals surface area contributed by atoms with Crippen LogP contribution in [0, 0.1) is 6.07 Å². The van der Waals surface area contributed by atoms with Crippen molar-refractivity contribution in [3.05, 3.63) is 29.8 Å². The molecule has 5 heteroatoms. The van der Waals surface area contributed by atoms with Gasteiger partial charge in [0.25, 0.3) is 0 Å². The van der Waals surface area contributed by atoms with Gasteiger partial charge in [-0.25, -0.2) is 13.2 Å². The van der Waals surface area contributed by atoms with Gasteiger partial charge in [-0.1, -0.05) is 12.1 Å². The molecular weight excluding hydrogens is 192 g/mol. The number of methoxy groups -OCH3 is 1. The first kappa shape index (κ1) is 9.73. The summed E-state index contributed by atoms with van der Waals surface area (Å²) in [6.07, 6.45) is 0. The summed E-state index contributed by atoms with van der Waals surface area (Å²) in [6.45, 7) is 0. The van der Waals surface area contributed by atoms with Crippen LogP contribution < -0.4 is 0 Å². The van der Waals surface area contributed by atoms with Crippen LogP contribution in [0.3, 0.4) is 0 Å². The van der Waals surface area contributed by atoms with E-state index >= 15 is 0 Å². The van der Waals surface area contributed by atoms with E-state index in [1.165, 1.54) is 25.3 Å². The van der Waals surface area contributed by atoms with Gasteiger partial charge in [0.15, 0.2) is 10.7 Å². The molecule has 0 aliphatic heterocycles. The molecule has 0 aliphatic carbocycles. The topological polar surface area (TPSA) is 60.4 Å². The fourth-order valence-electron chi connectivity index (χ4n) is 0.846. The van der Waals surface area contributed by atoms with Gasteiger partial charge in [0.2, 0.25) is 0 Å². The summed E-state index contributed by atoms with van der Waals surface area (Å²) >= 11 is 0. The lowest BCUT2D eigenvalue weighted by molar-refractivity contribution is 0.0596. The lowest BCUT2D eigenvalue weighted by atomic mass is 10.2. The minimum Gasteiger partial charge on any atom is -0.465 e. The third kappa shape index (κ3) is 2.06. The zero-order chi connectivity index (χ0) is 9.84. The van der Waals surface area contributed by atoms with Gasteiger partial charge in [-0.15, -0.1) is 0 Å². The fraction of sp³-hybridized carbons (Fsp3) is 0.125. The van der Waals surface area contributed by atoms with Crippen LogP contribution in [-0.4, -0.2) is 21.5 Å². The average Bonchev–Trinajstić information content (AvgIpc) is 2.16. The van der Waals surface area contributed by atoms with Crippen molar-refractivity contribution in [1.29, 1.82) is 0 Å². The van der Waals surface area contributed by atoms with E-state index < -0.39 is 16.7 Å². The Bertz CT molecular complexity index is 387. The van der Waals surface area contributed by atoms with Crippen molar-refractivity contribution in [2.24, 2.45) is 0 Å². The van der Waals surface area contributed by atoms with Crippen molar-refractivity contribution in [3.63, 3.8) is 0 Å². The summed E-state index contributed by atoms with van der Waals surface area (Å²) in [5, 5.41) is 0. The number of ether oxygens (including phenoxy) is 1. The SMILES string of the molecule is COC(=O)c1[c]cccc1[SH](=O)=O. The Morgan fingerprint density at radius 3 is 2.77 bits per heavy atom. The van der Waals surface area contributed by atoms with E-state index in [0.717, 1.165) is 0 Å². The number of hydrogen-bond donors (Lipinski definition) is 1. The number of hydrogen-bond acceptors (Lipinski definition) is 4. The van der Waals surface area contributed by atoms with Crippen molar-refractivity contribution in [1.82, 2.24) is 0 Å². The first-order valence-corrected chi connectivity index (χ1v) is 4.58. The molecule has 0 aromatic heterocycles. The van der Waals surface area contributed by atoms with Gasteiger partial charge in [-0.05, 0) is 12.1 Å². The Morgan fingerprint density at radius 1 is 1.54 bits per heavy atom. The van der Waals surface area contributed by atoms with Crippen LogP contribution in [0.5, 0.6) is 0 Å². The van der Waals surface area contributed by atoms with Gasteiger partial charge >= 0.3 is 5.97 Å². The molecule has 1 radical (unpaired) electrons. The third-order valence-corrected chi connectivity index (χ3v) is 2.19. The lowest BCUT2D eigenvalue weighted by Gasteiger charge is -1.99. The van der Waals surface area contributed by atoms with Gasteiger partial charge in [0, 0.05) is 0 Å². The van der Waals surface area contributed by atoms with Gasteiger partial charge in [0.05, 0.1) is 17.6 Å². The number of esters is 1. The molecule has 69 valence electrons. The number of carbonyl (C=O) groups excluding carboxylic acids is 1. The Hall–Kier alpha value is -1.36. The zero-order valence-corrected chi connectivity index (χ0v) is 7.71. The Morgan fingerprint density at radius 2 is 2.23 bits per heavy atom. The molecule has 0 fully saturated rings. The predicted octanol–water partition coefficient (Wildman–Crippen LogP) is 0.244. The van der Waals surface area contributed by atoms with Crippen LogP contribution >= 0.6 is 0 Å². The molecule has 0 unspecified atom stereocenters. The maximum atomic E-state index is 11.0. The normalized spacial score (nSPS) is 10.0. The monoisotopic (exact) mass is 199 g/mol. The van der Waals surface area contributed by atoms with Crippen LogP contribution in [0.15, 0.2) is 23.1 Å². The molecule has 13 heavy (non-hydrogen) atoms. The van der Waals surface area contributed by atoms with Crippen LogP contribution in [-0.2, 0) is 15.4 Å². The van der Waals surface area contributed by atoms with Crippen LogP contribution in [0.1, 0.15) is 10.4 Å². The number of rotatable bonds is 2. The summed E-state index contributed by atoms with van der Waals surface area (Å²) in [7, 11) is -1.60. The summed E-state index contributed by atoms with van der Waals surface area (Å²) in [4.78, 5) is 11.0. The van der Waals surface area contributed by atoms with Crippen molar-refractivity contribution >= 4 is 16.7 Å². The molecule has 4 nitrogen and oxygen atoms in total. The van der Waals surface area contributed by atoms with E-state index in [9.17, 15) is 13.2 Å². The van der Waals surface area contributed by atoms with E-state index in [1.807, 2.05) is 0 Å². The highest BCUT2D eigenvalue weighted by Gasteiger charge is 2.12. The molecule has 0 N–H and O–H groups in total. The first-order chi connectivity index (χ1) is 6.16. The minimum atomic E-state index is -2.79. The van der Waals surface area contributed by atoms with Crippen molar-refractivity contribution in [2.45, 2.75) is 4.90 Å². The van der Waals surface area contributed by atoms with Crippen LogP contribution in [0.25, 0.3) is 0 Å². The molecule has 0 spiro atoms. The molecule has 0 saturated carbocycles. The van der Waals surface area contributed by atoms with E-state index in [0.29, 0.717) is 0 Å². The smallest absolute Gasteiger partial charge is 0.339 e. The number of carbonyl (C=O) groups is 1. The molecule has 1 rings (SSSR count). The molecule has 1 aromatic rings. The predicted molar refractivity (Wildman–Crippen MR) is 45.2 cm³/mol. The highest BCUT2D eigenvalue weighted by Crippen LogP contribution is 2.10. The molecule has 0 bridgehead atoms. The largest absolute Gasteiger partial charge is 0.465 e. The molecular formula is C8H7O4S. The summed E-state index contributed by atoms with van der Waals surface area (Å²) in [5.41, 5.74) is -0.0545. The Balaban J connectivity index is 3.27. The highest BCUT2D eigenvalue weighted by atomic mass is 32.2. The second-order valence-corrected chi connectivity index (χ2v) is 3.18. The van der Waals surface area contributed by atoms with Crippen LogP contribution in [0.2, 0.25) is 0 Å². The van der Waals surface area contributed by atoms with Gasteiger partial charge in [-0.2, -0.15) is 0 Å². The molecule has 0 amide bonds. The maximum absolute atomic E-state index is 11.0. The van der Waals surface area contributed by atoms with Crippen molar-refractivity contribution in [3.8, 4) is 0 Å². The Labute approximate surface area is 77.1 Å². The first-order valence-electron chi connectivity index (χ1n) is 3.40. The highest BCUT2D eigenvalue weighted by molar-refractivity contribution is 7.72. The molecule has 1 aromatic carbocycles. The van der Waals surface area contributed by atoms with Gasteiger partial charge in [-0.3, -0.25) is 0 Å². The van der Waals surface area contributed by atoms with Crippen molar-refractivity contribution < 1.29 is 17.9 Å².